The second kappa shape index (κ2) is 11.2. The Morgan fingerprint density at radius 3 is 1.45 bits per heavy atom. The zero-order valence-corrected chi connectivity index (χ0v) is 23.2. The third-order valence-corrected chi connectivity index (χ3v) is 7.12. The van der Waals surface area contributed by atoms with Crippen molar-refractivity contribution in [3.05, 3.63) is 124 Å². The summed E-state index contributed by atoms with van der Waals surface area (Å²) in [6.07, 6.45) is 8.23. The number of nitrogens with zero attached hydrogens (tertiary/aromatic N) is 4. The SMILES string of the molecule is [C-]#[N+]c1c2ccc(C=Cc3ccc(N(C)C)cc3)cc2c(C#N)c2ccc(C=Cc3ccc(N(C)C)cc3)cc12. The van der Waals surface area contributed by atoms with Crippen molar-refractivity contribution < 1.29 is 0 Å². The van der Waals surface area contributed by atoms with Crippen LogP contribution in [-0.2, 0) is 0 Å². The van der Waals surface area contributed by atoms with Gasteiger partial charge in [0.1, 0.15) is 6.07 Å². The first-order chi connectivity index (χ1) is 19.4. The molecule has 0 bridgehead atoms. The predicted octanol–water partition coefficient (Wildman–Crippen LogP) is 8.89. The Labute approximate surface area is 236 Å². The van der Waals surface area contributed by atoms with Gasteiger partial charge in [-0.05, 0) is 74.1 Å². The van der Waals surface area contributed by atoms with E-state index in [1.807, 2.05) is 76.7 Å². The Bertz CT molecular complexity index is 1700. The molecular formula is C36H30N4. The second-order valence-corrected chi connectivity index (χ2v) is 10.2. The number of anilines is 2. The Hall–Kier alpha value is -5.32. The van der Waals surface area contributed by atoms with E-state index in [0.717, 1.165) is 55.2 Å². The van der Waals surface area contributed by atoms with Crippen LogP contribution >= 0.6 is 0 Å². The average Bonchev–Trinajstić information content (AvgIpc) is 2.98. The predicted molar refractivity (Wildman–Crippen MR) is 172 cm³/mol. The summed E-state index contributed by atoms with van der Waals surface area (Å²) in [4.78, 5) is 8.07. The minimum absolute atomic E-state index is 0.574. The molecule has 0 aliphatic carbocycles. The van der Waals surface area contributed by atoms with Crippen molar-refractivity contribution in [3.63, 3.8) is 0 Å². The maximum absolute atomic E-state index is 10.2. The third-order valence-electron chi connectivity index (χ3n) is 7.12. The summed E-state index contributed by atoms with van der Waals surface area (Å²) in [5.41, 5.74) is 7.63. The van der Waals surface area contributed by atoms with Crippen LogP contribution in [0.5, 0.6) is 0 Å². The first kappa shape index (κ1) is 26.3. The van der Waals surface area contributed by atoms with Gasteiger partial charge in [-0.25, -0.2) is 4.85 Å². The highest BCUT2D eigenvalue weighted by atomic mass is 15.1. The van der Waals surface area contributed by atoms with E-state index in [1.165, 1.54) is 0 Å². The first-order valence-corrected chi connectivity index (χ1v) is 13.1. The molecule has 40 heavy (non-hydrogen) atoms. The van der Waals surface area contributed by atoms with Crippen LogP contribution in [-0.4, -0.2) is 28.2 Å². The minimum Gasteiger partial charge on any atom is -0.378 e. The van der Waals surface area contributed by atoms with Crippen molar-refractivity contribution in [1.82, 2.24) is 0 Å². The van der Waals surface area contributed by atoms with Crippen molar-refractivity contribution >= 4 is 62.9 Å². The highest BCUT2D eigenvalue weighted by molar-refractivity contribution is 6.16. The summed E-state index contributed by atoms with van der Waals surface area (Å²) in [6, 6.07) is 31.1. The smallest absolute Gasteiger partial charge is 0.202 e. The van der Waals surface area contributed by atoms with Crippen molar-refractivity contribution in [2.45, 2.75) is 0 Å². The minimum atomic E-state index is 0.574. The summed E-state index contributed by atoms with van der Waals surface area (Å²) in [5.74, 6) is 0. The van der Waals surface area contributed by atoms with Gasteiger partial charge in [-0.3, -0.25) is 0 Å². The number of benzene rings is 5. The fourth-order valence-electron chi connectivity index (χ4n) is 4.84. The monoisotopic (exact) mass is 518 g/mol. The van der Waals surface area contributed by atoms with E-state index < -0.39 is 0 Å². The Morgan fingerprint density at radius 2 is 1.00 bits per heavy atom. The van der Waals surface area contributed by atoms with E-state index in [9.17, 15) is 5.26 Å². The molecule has 0 aliphatic heterocycles. The average molecular weight is 519 g/mol. The largest absolute Gasteiger partial charge is 0.378 e. The van der Waals surface area contributed by atoms with Crippen LogP contribution in [0.4, 0.5) is 17.1 Å². The molecule has 5 rings (SSSR count). The fraction of sp³-hybridized carbons (Fsp3) is 0.111. The molecule has 0 saturated carbocycles. The lowest BCUT2D eigenvalue weighted by Gasteiger charge is -2.12. The molecule has 0 N–H and O–H groups in total. The van der Waals surface area contributed by atoms with E-state index >= 15 is 0 Å². The highest BCUT2D eigenvalue weighted by Crippen LogP contribution is 2.39. The van der Waals surface area contributed by atoms with Gasteiger partial charge >= 0.3 is 0 Å². The summed E-state index contributed by atoms with van der Waals surface area (Å²) in [5, 5.41) is 13.4. The molecule has 0 aliphatic rings. The van der Waals surface area contributed by atoms with Gasteiger partial charge < -0.3 is 9.80 Å². The number of fused-ring (bicyclic) bond motifs is 2. The lowest BCUT2D eigenvalue weighted by molar-refractivity contribution is 1.13. The molecule has 0 saturated heterocycles. The summed E-state index contributed by atoms with van der Waals surface area (Å²) >= 11 is 0. The summed E-state index contributed by atoms with van der Waals surface area (Å²) in [6.45, 7) is 7.99. The molecule has 5 aromatic rings. The molecule has 0 atom stereocenters. The van der Waals surface area contributed by atoms with Crippen LogP contribution in [0.2, 0.25) is 0 Å². The van der Waals surface area contributed by atoms with Gasteiger partial charge in [0, 0.05) is 39.6 Å². The molecule has 0 aromatic heterocycles. The highest BCUT2D eigenvalue weighted by Gasteiger charge is 2.14. The van der Waals surface area contributed by atoms with Crippen molar-refractivity contribution in [3.8, 4) is 6.07 Å². The molecule has 194 valence electrons. The second-order valence-electron chi connectivity index (χ2n) is 10.2. The van der Waals surface area contributed by atoms with Gasteiger partial charge in [0.15, 0.2) is 0 Å². The topological polar surface area (TPSA) is 34.6 Å². The van der Waals surface area contributed by atoms with E-state index in [4.69, 9.17) is 6.57 Å². The Balaban J connectivity index is 1.52. The zero-order valence-electron chi connectivity index (χ0n) is 23.2. The Kier molecular flexibility index (Phi) is 7.36. The Morgan fingerprint density at radius 1 is 0.575 bits per heavy atom. The zero-order chi connectivity index (χ0) is 28.2. The molecule has 4 heteroatoms. The number of rotatable bonds is 6. The summed E-state index contributed by atoms with van der Waals surface area (Å²) in [7, 11) is 8.10. The van der Waals surface area contributed by atoms with Gasteiger partial charge in [0.05, 0.1) is 12.1 Å². The van der Waals surface area contributed by atoms with Crippen LogP contribution in [0.15, 0.2) is 84.9 Å². The van der Waals surface area contributed by atoms with E-state index in [0.29, 0.717) is 11.3 Å². The van der Waals surface area contributed by atoms with Crippen molar-refractivity contribution in [2.24, 2.45) is 0 Å². The third kappa shape index (κ3) is 5.30. The van der Waals surface area contributed by atoms with Crippen LogP contribution in [0.25, 0.3) is 50.7 Å². The maximum atomic E-state index is 10.2. The first-order valence-electron chi connectivity index (χ1n) is 13.1. The van der Waals surface area contributed by atoms with E-state index in [-0.39, 0.29) is 0 Å². The number of hydrogen-bond donors (Lipinski definition) is 0. The number of hydrogen-bond acceptors (Lipinski definition) is 3. The van der Waals surface area contributed by atoms with Crippen molar-refractivity contribution in [2.75, 3.05) is 38.0 Å². The normalized spacial score (nSPS) is 11.2. The van der Waals surface area contributed by atoms with Gasteiger partial charge in [-0.2, -0.15) is 5.26 Å². The fourth-order valence-corrected chi connectivity index (χ4v) is 4.84. The lowest BCUT2D eigenvalue weighted by atomic mass is 9.93. The quantitative estimate of drug-likeness (QED) is 0.128. The van der Waals surface area contributed by atoms with Gasteiger partial charge in [-0.15, -0.1) is 0 Å². The number of nitriles is 1. The molecule has 4 nitrogen and oxygen atoms in total. The molecule has 0 fully saturated rings. The lowest BCUT2D eigenvalue weighted by Crippen LogP contribution is -2.07. The standard InChI is InChI=1S/C36H30N4/c1-38-36-32-21-15-27(8-6-25-10-16-29(17-11-25)39(2)3)22-33(32)35(24-37)31-20-14-28(23-34(31)36)9-7-26-12-18-30(19-13-26)40(4)5/h6-23H,2-5H3. The van der Waals surface area contributed by atoms with Gasteiger partial charge in [0.2, 0.25) is 5.69 Å². The molecule has 5 aromatic carbocycles. The van der Waals surface area contributed by atoms with E-state index in [1.54, 1.807) is 0 Å². The molecular weight excluding hydrogens is 488 g/mol. The van der Waals surface area contributed by atoms with Gasteiger partial charge in [-0.1, -0.05) is 78.9 Å². The maximum Gasteiger partial charge on any atom is 0.202 e. The van der Waals surface area contributed by atoms with Crippen LogP contribution < -0.4 is 9.80 Å². The van der Waals surface area contributed by atoms with Gasteiger partial charge in [0.25, 0.3) is 0 Å². The molecule has 0 heterocycles. The molecule has 0 spiro atoms. The van der Waals surface area contributed by atoms with Crippen molar-refractivity contribution in [1.29, 1.82) is 5.26 Å². The van der Waals surface area contributed by atoms with Crippen LogP contribution in [0, 0.1) is 17.9 Å². The van der Waals surface area contributed by atoms with E-state index in [2.05, 4.69) is 81.4 Å². The van der Waals surface area contributed by atoms with Crippen LogP contribution in [0.1, 0.15) is 27.8 Å². The molecule has 0 radical (unpaired) electrons. The molecule has 0 amide bonds. The molecule has 0 unspecified atom stereocenters. The van der Waals surface area contributed by atoms with Crippen LogP contribution in [0.3, 0.4) is 0 Å². The summed E-state index contributed by atoms with van der Waals surface area (Å²) < 4.78 is 0.